The van der Waals surface area contributed by atoms with Crippen LogP contribution in [0.1, 0.15) is 16.3 Å². The van der Waals surface area contributed by atoms with Crippen LogP contribution < -0.4 is 5.32 Å². The average Bonchev–Trinajstić information content (AvgIpc) is 2.80. The quantitative estimate of drug-likeness (QED) is 0.641. The number of carbonyl (C=O) groups is 1. The summed E-state index contributed by atoms with van der Waals surface area (Å²) in [5.41, 5.74) is 0.799. The van der Waals surface area contributed by atoms with E-state index in [0.717, 1.165) is 10.2 Å². The molecule has 19 heavy (non-hydrogen) atoms. The Bertz CT molecular complexity index is 634. The van der Waals surface area contributed by atoms with E-state index in [0.29, 0.717) is 16.5 Å². The first-order valence-corrected chi connectivity index (χ1v) is 6.72. The third kappa shape index (κ3) is 3.72. The van der Waals surface area contributed by atoms with Crippen LogP contribution in [0.5, 0.6) is 0 Å². The number of carbonyl (C=O) groups excluding carboxylic acids is 1. The van der Waals surface area contributed by atoms with E-state index in [9.17, 15) is 4.79 Å². The first kappa shape index (κ1) is 13.9. The van der Waals surface area contributed by atoms with E-state index in [1.165, 1.54) is 6.08 Å². The molecule has 0 aliphatic heterocycles. The minimum atomic E-state index is -0.191. The molecular weight excluding hydrogens is 330 g/mol. The molecule has 0 radical (unpaired) electrons. The van der Waals surface area contributed by atoms with Gasteiger partial charge in [-0.3, -0.25) is 4.79 Å². The second-order valence-corrected chi connectivity index (χ2v) is 5.14. The molecule has 5 heteroatoms. The molecule has 1 heterocycles. The van der Waals surface area contributed by atoms with Crippen molar-refractivity contribution in [3.63, 3.8) is 0 Å². The van der Waals surface area contributed by atoms with Gasteiger partial charge in [0.15, 0.2) is 5.76 Å². The van der Waals surface area contributed by atoms with Crippen LogP contribution in [-0.4, -0.2) is 5.78 Å². The third-order valence-electron chi connectivity index (χ3n) is 2.39. The third-order valence-corrected chi connectivity index (χ3v) is 3.62. The van der Waals surface area contributed by atoms with Gasteiger partial charge < -0.3 is 9.73 Å². The summed E-state index contributed by atoms with van der Waals surface area (Å²) in [6, 6.07) is 8.84. The summed E-state index contributed by atoms with van der Waals surface area (Å²) in [5.74, 6) is 0.845. The Kier molecular flexibility index (Phi) is 4.45. The highest BCUT2D eigenvalue weighted by atomic mass is 79.9. The zero-order valence-electron chi connectivity index (χ0n) is 10.1. The Balaban J connectivity index is 2.00. The Morgan fingerprint density at radius 3 is 2.79 bits per heavy atom. The fourth-order valence-electron chi connectivity index (χ4n) is 1.45. The van der Waals surface area contributed by atoms with E-state index in [1.54, 1.807) is 31.3 Å². The van der Waals surface area contributed by atoms with Crippen LogP contribution in [0.25, 0.3) is 0 Å². The van der Waals surface area contributed by atoms with Crippen molar-refractivity contribution in [2.75, 3.05) is 5.32 Å². The maximum absolute atomic E-state index is 11.7. The Morgan fingerprint density at radius 2 is 2.16 bits per heavy atom. The number of anilines is 1. The van der Waals surface area contributed by atoms with Gasteiger partial charge in [0.1, 0.15) is 5.76 Å². The van der Waals surface area contributed by atoms with Crippen LogP contribution in [-0.2, 0) is 0 Å². The van der Waals surface area contributed by atoms with Gasteiger partial charge in [0.05, 0.1) is 5.02 Å². The summed E-state index contributed by atoms with van der Waals surface area (Å²) in [5, 5.41) is 3.57. The smallest absolute Gasteiger partial charge is 0.222 e. The van der Waals surface area contributed by atoms with Crippen LogP contribution in [0.15, 0.2) is 51.5 Å². The monoisotopic (exact) mass is 339 g/mol. The van der Waals surface area contributed by atoms with Crippen molar-refractivity contribution in [2.45, 2.75) is 6.92 Å². The molecule has 0 fully saturated rings. The van der Waals surface area contributed by atoms with Crippen molar-refractivity contribution in [1.29, 1.82) is 0 Å². The lowest BCUT2D eigenvalue weighted by atomic mass is 10.3. The molecule has 98 valence electrons. The number of rotatable bonds is 4. The Labute approximate surface area is 124 Å². The highest BCUT2D eigenvalue weighted by Crippen LogP contribution is 2.25. The summed E-state index contributed by atoms with van der Waals surface area (Å²) in [6.07, 6.45) is 2.97. The lowest BCUT2D eigenvalue weighted by Gasteiger charge is -2.02. The summed E-state index contributed by atoms with van der Waals surface area (Å²) in [6.45, 7) is 1.79. The van der Waals surface area contributed by atoms with Crippen molar-refractivity contribution in [2.24, 2.45) is 0 Å². The van der Waals surface area contributed by atoms with E-state index in [2.05, 4.69) is 21.2 Å². The number of furan rings is 1. The van der Waals surface area contributed by atoms with Gasteiger partial charge in [0.2, 0.25) is 5.78 Å². The molecule has 0 aliphatic rings. The molecule has 0 aliphatic carbocycles. The van der Waals surface area contributed by atoms with Crippen LogP contribution in [0.2, 0.25) is 5.02 Å². The first-order chi connectivity index (χ1) is 9.06. The number of nitrogens with one attached hydrogen (secondary N) is 1. The van der Waals surface area contributed by atoms with Crippen molar-refractivity contribution >= 4 is 39.0 Å². The van der Waals surface area contributed by atoms with Gasteiger partial charge in [-0.05, 0) is 53.2 Å². The van der Waals surface area contributed by atoms with E-state index in [4.69, 9.17) is 16.0 Å². The number of aryl methyl sites for hydroxylation is 1. The second kappa shape index (κ2) is 6.08. The summed E-state index contributed by atoms with van der Waals surface area (Å²) in [7, 11) is 0. The maximum Gasteiger partial charge on any atom is 0.222 e. The van der Waals surface area contributed by atoms with Crippen molar-refractivity contribution < 1.29 is 9.21 Å². The van der Waals surface area contributed by atoms with Crippen LogP contribution in [0.4, 0.5) is 5.69 Å². The molecule has 0 amide bonds. The van der Waals surface area contributed by atoms with Crippen LogP contribution in [0.3, 0.4) is 0 Å². The Hall–Kier alpha value is -1.52. The van der Waals surface area contributed by atoms with E-state index in [1.807, 2.05) is 12.1 Å². The molecule has 1 N–H and O–H groups in total. The van der Waals surface area contributed by atoms with Gasteiger partial charge in [-0.1, -0.05) is 11.6 Å². The fourth-order valence-corrected chi connectivity index (χ4v) is 1.88. The molecule has 3 nitrogen and oxygen atoms in total. The predicted molar refractivity (Wildman–Crippen MR) is 79.7 cm³/mol. The summed E-state index contributed by atoms with van der Waals surface area (Å²) < 4.78 is 6.05. The van der Waals surface area contributed by atoms with Gasteiger partial charge in [-0.15, -0.1) is 0 Å². The molecule has 1 aromatic heterocycles. The van der Waals surface area contributed by atoms with Gasteiger partial charge in [-0.25, -0.2) is 0 Å². The molecule has 2 rings (SSSR count). The topological polar surface area (TPSA) is 42.2 Å². The number of benzene rings is 1. The normalized spacial score (nSPS) is 10.9. The predicted octanol–water partition coefficient (Wildman–Crippen LogP) is 4.81. The minimum absolute atomic E-state index is 0.191. The zero-order valence-corrected chi connectivity index (χ0v) is 12.5. The standard InChI is InChI=1S/C14H11BrClNO2/c1-9-2-5-14(19-9)13(18)6-7-17-10-3-4-11(15)12(16)8-10/h2-8,17H,1H3/b7-6+. The fraction of sp³-hybridized carbons (Fsp3) is 0.0714. The lowest BCUT2D eigenvalue weighted by molar-refractivity contribution is 0.102. The molecular formula is C14H11BrClNO2. The molecule has 0 bridgehead atoms. The van der Waals surface area contributed by atoms with E-state index < -0.39 is 0 Å². The number of ketones is 1. The van der Waals surface area contributed by atoms with Crippen molar-refractivity contribution in [1.82, 2.24) is 0 Å². The number of hydrogen-bond acceptors (Lipinski definition) is 3. The van der Waals surface area contributed by atoms with Crippen molar-refractivity contribution in [3.05, 3.63) is 63.6 Å². The number of allylic oxidation sites excluding steroid dienone is 1. The van der Waals surface area contributed by atoms with Gasteiger partial charge in [-0.2, -0.15) is 0 Å². The number of halogens is 2. The largest absolute Gasteiger partial charge is 0.458 e. The summed E-state index contributed by atoms with van der Waals surface area (Å²) in [4.78, 5) is 11.7. The SMILES string of the molecule is Cc1ccc(C(=O)/C=C/Nc2ccc(Br)c(Cl)c2)o1. The second-order valence-electron chi connectivity index (χ2n) is 3.88. The molecule has 0 saturated heterocycles. The number of hydrogen-bond donors (Lipinski definition) is 1. The van der Waals surface area contributed by atoms with E-state index >= 15 is 0 Å². The van der Waals surface area contributed by atoms with Crippen LogP contribution >= 0.6 is 27.5 Å². The van der Waals surface area contributed by atoms with Gasteiger partial charge in [0, 0.05) is 22.4 Å². The molecule has 0 saturated carbocycles. The van der Waals surface area contributed by atoms with Crippen LogP contribution in [0, 0.1) is 6.92 Å². The molecule has 0 spiro atoms. The van der Waals surface area contributed by atoms with E-state index in [-0.39, 0.29) is 5.78 Å². The lowest BCUT2D eigenvalue weighted by Crippen LogP contribution is -1.94. The van der Waals surface area contributed by atoms with Crippen molar-refractivity contribution in [3.8, 4) is 0 Å². The first-order valence-electron chi connectivity index (χ1n) is 5.55. The molecule has 1 aromatic carbocycles. The molecule has 0 unspecified atom stereocenters. The van der Waals surface area contributed by atoms with Gasteiger partial charge in [0.25, 0.3) is 0 Å². The average molecular weight is 341 g/mol. The van der Waals surface area contributed by atoms with Gasteiger partial charge >= 0.3 is 0 Å². The zero-order chi connectivity index (χ0) is 13.8. The Morgan fingerprint density at radius 1 is 1.37 bits per heavy atom. The molecule has 2 aromatic rings. The molecule has 0 atom stereocenters. The summed E-state index contributed by atoms with van der Waals surface area (Å²) >= 11 is 9.27. The highest BCUT2D eigenvalue weighted by molar-refractivity contribution is 9.10. The highest BCUT2D eigenvalue weighted by Gasteiger charge is 2.05. The minimum Gasteiger partial charge on any atom is -0.458 e. The maximum atomic E-state index is 11.7.